The van der Waals surface area contributed by atoms with E-state index < -0.39 is 0 Å². The van der Waals surface area contributed by atoms with Gasteiger partial charge in [0.25, 0.3) is 5.91 Å². The smallest absolute Gasteiger partial charge is 0.273 e. The monoisotopic (exact) mass is 300 g/mol. The molecule has 1 heterocycles. The van der Waals surface area contributed by atoms with E-state index in [0.717, 1.165) is 36.0 Å². The Labute approximate surface area is 131 Å². The summed E-state index contributed by atoms with van der Waals surface area (Å²) in [4.78, 5) is 21.5. The van der Waals surface area contributed by atoms with Gasteiger partial charge in [-0.25, -0.2) is 9.97 Å². The van der Waals surface area contributed by atoms with Gasteiger partial charge in [-0.15, -0.1) is 0 Å². The van der Waals surface area contributed by atoms with Gasteiger partial charge in [0.2, 0.25) is 0 Å². The molecule has 2 aromatic rings. The van der Waals surface area contributed by atoms with Crippen LogP contribution in [0.25, 0.3) is 11.0 Å². The number of benzene rings is 1. The highest BCUT2D eigenvalue weighted by atomic mass is 16.1. The number of aromatic nitrogens is 2. The Morgan fingerprint density at radius 2 is 1.59 bits per heavy atom. The number of nitrogens with one attached hydrogen (secondary N) is 2. The topological polar surface area (TPSA) is 66.9 Å². The summed E-state index contributed by atoms with van der Waals surface area (Å²) in [6, 6.07) is 4.00. The van der Waals surface area contributed by atoms with Gasteiger partial charge in [0.1, 0.15) is 0 Å². The second kappa shape index (κ2) is 7.20. The van der Waals surface area contributed by atoms with Crippen LogP contribution in [0, 0.1) is 13.8 Å². The second-order valence-corrected chi connectivity index (χ2v) is 5.53. The number of rotatable bonds is 6. The van der Waals surface area contributed by atoms with E-state index in [4.69, 9.17) is 0 Å². The summed E-state index contributed by atoms with van der Waals surface area (Å²) in [5.41, 5.74) is 4.26. The molecule has 5 nitrogen and oxygen atoms in total. The molecule has 0 saturated carbocycles. The van der Waals surface area contributed by atoms with Gasteiger partial charge in [0.05, 0.1) is 11.0 Å². The largest absolute Gasteiger partial charge is 0.368 e. The van der Waals surface area contributed by atoms with Crippen LogP contribution in [0.1, 0.15) is 48.3 Å². The summed E-state index contributed by atoms with van der Waals surface area (Å²) in [6.07, 6.45) is 1.85. The number of hydrogen-bond donors (Lipinski definition) is 2. The number of carbonyl (C=O) groups excluding carboxylic acids is 1. The summed E-state index contributed by atoms with van der Waals surface area (Å²) >= 11 is 0. The molecule has 0 atom stereocenters. The lowest BCUT2D eigenvalue weighted by Gasteiger charge is -2.12. The Morgan fingerprint density at radius 1 is 1.00 bits per heavy atom. The van der Waals surface area contributed by atoms with E-state index in [1.54, 1.807) is 0 Å². The predicted octanol–water partition coefficient (Wildman–Crippen LogP) is 3.21. The van der Waals surface area contributed by atoms with E-state index in [-0.39, 0.29) is 5.91 Å². The van der Waals surface area contributed by atoms with E-state index in [1.807, 2.05) is 26.0 Å². The molecule has 118 valence electrons. The molecule has 0 aliphatic rings. The summed E-state index contributed by atoms with van der Waals surface area (Å²) < 4.78 is 0. The molecule has 1 aromatic heterocycles. The third kappa shape index (κ3) is 3.53. The maximum Gasteiger partial charge on any atom is 0.273 e. The van der Waals surface area contributed by atoms with Crippen LogP contribution in [0.15, 0.2) is 12.1 Å². The molecule has 2 rings (SSSR count). The Hall–Kier alpha value is -2.17. The third-order valence-electron chi connectivity index (χ3n) is 3.57. The first-order chi connectivity index (χ1) is 10.6. The standard InChI is InChI=1S/C17H24N4O/c1-5-7-18-16-15(17(22)19-8-6-2)20-13-9-11(3)12(4)10-14(13)21-16/h9-10H,5-8H2,1-4H3,(H,18,21)(H,19,22). The molecule has 5 heteroatoms. The molecule has 0 aliphatic heterocycles. The van der Waals surface area contributed by atoms with Gasteiger partial charge in [-0.2, -0.15) is 0 Å². The van der Waals surface area contributed by atoms with Crippen LogP contribution in [0.3, 0.4) is 0 Å². The van der Waals surface area contributed by atoms with Gasteiger partial charge in [0, 0.05) is 13.1 Å². The van der Waals surface area contributed by atoms with Crippen molar-refractivity contribution in [2.75, 3.05) is 18.4 Å². The minimum Gasteiger partial charge on any atom is -0.368 e. The Bertz CT molecular complexity index is 682. The van der Waals surface area contributed by atoms with Gasteiger partial charge in [-0.3, -0.25) is 4.79 Å². The Kier molecular flexibility index (Phi) is 5.31. The number of hydrogen-bond acceptors (Lipinski definition) is 4. The number of carbonyl (C=O) groups is 1. The highest BCUT2D eigenvalue weighted by Gasteiger charge is 2.16. The second-order valence-electron chi connectivity index (χ2n) is 5.53. The first-order valence-corrected chi connectivity index (χ1v) is 7.87. The normalized spacial score (nSPS) is 10.7. The van der Waals surface area contributed by atoms with Crippen LogP contribution in [-0.4, -0.2) is 29.0 Å². The third-order valence-corrected chi connectivity index (χ3v) is 3.57. The fourth-order valence-electron chi connectivity index (χ4n) is 2.16. The molecule has 1 aromatic carbocycles. The molecule has 0 aliphatic carbocycles. The van der Waals surface area contributed by atoms with Crippen LogP contribution >= 0.6 is 0 Å². The molecule has 22 heavy (non-hydrogen) atoms. The van der Waals surface area contributed by atoms with E-state index in [1.165, 1.54) is 5.56 Å². The zero-order valence-corrected chi connectivity index (χ0v) is 13.8. The molecule has 0 bridgehead atoms. The van der Waals surface area contributed by atoms with E-state index in [2.05, 4.69) is 34.4 Å². The van der Waals surface area contributed by atoms with Crippen molar-refractivity contribution in [3.05, 3.63) is 29.0 Å². The lowest BCUT2D eigenvalue weighted by Crippen LogP contribution is -2.26. The zero-order valence-electron chi connectivity index (χ0n) is 13.8. The average molecular weight is 300 g/mol. The van der Waals surface area contributed by atoms with E-state index in [0.29, 0.717) is 18.1 Å². The van der Waals surface area contributed by atoms with Crippen LogP contribution in [-0.2, 0) is 0 Å². The number of anilines is 1. The van der Waals surface area contributed by atoms with E-state index >= 15 is 0 Å². The molecule has 0 unspecified atom stereocenters. The molecular weight excluding hydrogens is 276 g/mol. The minimum absolute atomic E-state index is 0.173. The van der Waals surface area contributed by atoms with E-state index in [9.17, 15) is 4.79 Å². The Balaban J connectivity index is 2.49. The van der Waals surface area contributed by atoms with Crippen molar-refractivity contribution >= 4 is 22.8 Å². The molecular formula is C17H24N4O. The van der Waals surface area contributed by atoms with Crippen LogP contribution < -0.4 is 10.6 Å². The van der Waals surface area contributed by atoms with Crippen molar-refractivity contribution < 1.29 is 4.79 Å². The lowest BCUT2D eigenvalue weighted by molar-refractivity contribution is 0.0949. The SMILES string of the molecule is CCCNC(=O)c1nc2cc(C)c(C)cc2nc1NCCC. The van der Waals surface area contributed by atoms with Crippen molar-refractivity contribution in [2.45, 2.75) is 40.5 Å². The lowest BCUT2D eigenvalue weighted by atomic mass is 10.1. The highest BCUT2D eigenvalue weighted by molar-refractivity contribution is 5.99. The number of fused-ring (bicyclic) bond motifs is 1. The van der Waals surface area contributed by atoms with Crippen molar-refractivity contribution in [2.24, 2.45) is 0 Å². The summed E-state index contributed by atoms with van der Waals surface area (Å²) in [5, 5.41) is 6.09. The van der Waals surface area contributed by atoms with Crippen molar-refractivity contribution in [1.82, 2.24) is 15.3 Å². The first kappa shape index (κ1) is 16.2. The van der Waals surface area contributed by atoms with Gasteiger partial charge < -0.3 is 10.6 Å². The summed E-state index contributed by atoms with van der Waals surface area (Å²) in [6.45, 7) is 9.59. The first-order valence-electron chi connectivity index (χ1n) is 7.87. The molecule has 2 N–H and O–H groups in total. The maximum absolute atomic E-state index is 12.3. The van der Waals surface area contributed by atoms with Gasteiger partial charge in [-0.05, 0) is 49.9 Å². The predicted molar refractivity (Wildman–Crippen MR) is 90.4 cm³/mol. The zero-order chi connectivity index (χ0) is 16.1. The van der Waals surface area contributed by atoms with Crippen LogP contribution in [0.2, 0.25) is 0 Å². The Morgan fingerprint density at radius 3 is 2.18 bits per heavy atom. The summed E-state index contributed by atoms with van der Waals surface area (Å²) in [7, 11) is 0. The van der Waals surface area contributed by atoms with Gasteiger partial charge in [-0.1, -0.05) is 13.8 Å². The summed E-state index contributed by atoms with van der Waals surface area (Å²) in [5.74, 6) is 0.388. The minimum atomic E-state index is -0.173. The van der Waals surface area contributed by atoms with Crippen LogP contribution in [0.4, 0.5) is 5.82 Å². The quantitative estimate of drug-likeness (QED) is 0.859. The fourth-order valence-corrected chi connectivity index (χ4v) is 2.16. The van der Waals surface area contributed by atoms with Crippen molar-refractivity contribution in [3.8, 4) is 0 Å². The number of amides is 1. The van der Waals surface area contributed by atoms with Gasteiger partial charge in [0.15, 0.2) is 11.5 Å². The highest BCUT2D eigenvalue weighted by Crippen LogP contribution is 2.20. The maximum atomic E-state index is 12.3. The molecule has 0 radical (unpaired) electrons. The fraction of sp³-hybridized carbons (Fsp3) is 0.471. The molecule has 0 fully saturated rings. The van der Waals surface area contributed by atoms with Crippen molar-refractivity contribution in [1.29, 1.82) is 0 Å². The molecule has 0 spiro atoms. The van der Waals surface area contributed by atoms with Crippen molar-refractivity contribution in [3.63, 3.8) is 0 Å². The molecule has 1 amide bonds. The number of nitrogens with zero attached hydrogens (tertiary/aromatic N) is 2. The number of aryl methyl sites for hydroxylation is 2. The molecule has 0 saturated heterocycles. The van der Waals surface area contributed by atoms with Gasteiger partial charge >= 0.3 is 0 Å². The average Bonchev–Trinajstić information content (AvgIpc) is 2.51. The van der Waals surface area contributed by atoms with Crippen LogP contribution in [0.5, 0.6) is 0 Å².